The van der Waals surface area contributed by atoms with E-state index >= 15 is 0 Å². The summed E-state index contributed by atoms with van der Waals surface area (Å²) < 4.78 is 39.1. The monoisotopic (exact) mass is 308 g/mol. The summed E-state index contributed by atoms with van der Waals surface area (Å²) in [6, 6.07) is 0.513. The van der Waals surface area contributed by atoms with E-state index in [1.165, 1.54) is 0 Å². The van der Waals surface area contributed by atoms with Crippen molar-refractivity contribution in [2.75, 3.05) is 13.6 Å². The lowest BCUT2D eigenvalue weighted by molar-refractivity contribution is -0.141. The zero-order valence-corrected chi connectivity index (χ0v) is 11.3. The molecule has 0 bridgehead atoms. The van der Waals surface area contributed by atoms with Crippen LogP contribution in [0.3, 0.4) is 0 Å². The van der Waals surface area contributed by atoms with E-state index in [2.05, 4.69) is 10.1 Å². The van der Waals surface area contributed by atoms with E-state index in [-0.39, 0.29) is 18.1 Å². The number of halogens is 4. The molecule has 0 unspecified atom stereocenters. The molecule has 1 aliphatic rings. The number of nitrogens with one attached hydrogen (secondary N) is 1. The van der Waals surface area contributed by atoms with Crippen LogP contribution in [0.2, 0.25) is 0 Å². The van der Waals surface area contributed by atoms with Crippen LogP contribution in [-0.4, -0.2) is 33.1 Å². The molecule has 0 aromatic carbocycles. The topological polar surface area (TPSA) is 53.4 Å². The average molecular weight is 309 g/mol. The third-order valence-corrected chi connectivity index (χ3v) is 3.26. The van der Waals surface area contributed by atoms with Crippen molar-refractivity contribution >= 4 is 18.1 Å². The van der Waals surface area contributed by atoms with E-state index < -0.39 is 17.4 Å². The minimum atomic E-state index is -4.61. The molecule has 3 heterocycles. The molecule has 1 N–H and O–H groups in total. The van der Waals surface area contributed by atoms with E-state index in [9.17, 15) is 18.0 Å². The number of aromatic nitrogens is 3. The lowest BCUT2D eigenvalue weighted by Crippen LogP contribution is -2.26. The Bertz CT molecular complexity index is 706. The van der Waals surface area contributed by atoms with Gasteiger partial charge in [0.2, 0.25) is 0 Å². The van der Waals surface area contributed by atoms with E-state index in [4.69, 9.17) is 0 Å². The zero-order chi connectivity index (χ0) is 13.8. The maximum Gasteiger partial charge on any atom is 0.433 e. The Morgan fingerprint density at radius 2 is 2.10 bits per heavy atom. The van der Waals surface area contributed by atoms with Gasteiger partial charge in [-0.25, -0.2) is 9.50 Å². The molecule has 9 heteroatoms. The zero-order valence-electron chi connectivity index (χ0n) is 10.5. The van der Waals surface area contributed by atoms with Crippen LogP contribution in [0.4, 0.5) is 13.2 Å². The van der Waals surface area contributed by atoms with Crippen LogP contribution < -0.4 is 5.56 Å². The Morgan fingerprint density at radius 3 is 2.75 bits per heavy atom. The van der Waals surface area contributed by atoms with Crippen molar-refractivity contribution in [2.24, 2.45) is 0 Å². The average Bonchev–Trinajstić information content (AvgIpc) is 2.67. The van der Waals surface area contributed by atoms with Gasteiger partial charge in [0.05, 0.1) is 0 Å². The van der Waals surface area contributed by atoms with Crippen LogP contribution in [0.25, 0.3) is 5.65 Å². The molecule has 0 radical (unpaired) electrons. The molecule has 0 atom stereocenters. The number of hydrogen-bond donors (Lipinski definition) is 1. The Hall–Kier alpha value is -1.54. The lowest BCUT2D eigenvalue weighted by Gasteiger charge is -2.21. The van der Waals surface area contributed by atoms with Crippen LogP contribution in [-0.2, 0) is 19.1 Å². The van der Waals surface area contributed by atoms with Gasteiger partial charge in [0.15, 0.2) is 11.3 Å². The van der Waals surface area contributed by atoms with Crippen molar-refractivity contribution in [1.82, 2.24) is 19.5 Å². The molecule has 0 amide bonds. The standard InChI is InChI=1S/C11H11F3N4O.ClH/c1-17-3-2-7-6(5-17)10-15-8(11(12,13)14)4-9(19)18(10)16-7;/h4,16H,2-3,5H2,1H3;1H. The summed E-state index contributed by atoms with van der Waals surface area (Å²) in [5, 5.41) is 2.83. The minimum Gasteiger partial charge on any atom is -0.302 e. The SMILES string of the molecule is CN1CCc2[nH]n3c(=O)cc(C(F)(F)F)nc3c2C1.Cl. The Morgan fingerprint density at radius 1 is 1.40 bits per heavy atom. The van der Waals surface area contributed by atoms with Gasteiger partial charge in [0.1, 0.15) is 0 Å². The number of rotatable bonds is 0. The number of likely N-dealkylation sites (N-methyl/N-ethyl adjacent to an activating group) is 1. The molecule has 20 heavy (non-hydrogen) atoms. The maximum absolute atomic E-state index is 12.7. The molecule has 1 aliphatic heterocycles. The van der Waals surface area contributed by atoms with Gasteiger partial charge in [-0.2, -0.15) is 13.2 Å². The highest BCUT2D eigenvalue weighted by molar-refractivity contribution is 5.85. The van der Waals surface area contributed by atoms with Crippen molar-refractivity contribution in [2.45, 2.75) is 19.1 Å². The van der Waals surface area contributed by atoms with E-state index in [0.29, 0.717) is 24.6 Å². The third kappa shape index (κ3) is 2.29. The van der Waals surface area contributed by atoms with Gasteiger partial charge in [0.25, 0.3) is 5.56 Å². The molecule has 2 aromatic heterocycles. The second kappa shape index (κ2) is 4.78. The molecule has 3 rings (SSSR count). The van der Waals surface area contributed by atoms with Crippen molar-refractivity contribution in [3.8, 4) is 0 Å². The van der Waals surface area contributed by atoms with E-state index in [0.717, 1.165) is 16.8 Å². The van der Waals surface area contributed by atoms with Gasteiger partial charge in [-0.05, 0) is 7.05 Å². The predicted molar refractivity (Wildman–Crippen MR) is 68.1 cm³/mol. The molecule has 5 nitrogen and oxygen atoms in total. The summed E-state index contributed by atoms with van der Waals surface area (Å²) in [7, 11) is 1.87. The van der Waals surface area contributed by atoms with Crippen LogP contribution in [0.5, 0.6) is 0 Å². The predicted octanol–water partition coefficient (Wildman–Crippen LogP) is 1.45. The van der Waals surface area contributed by atoms with Gasteiger partial charge in [0, 0.05) is 36.8 Å². The number of H-pyrrole nitrogens is 1. The molecule has 110 valence electrons. The number of aromatic amines is 1. The molecule has 0 spiro atoms. The van der Waals surface area contributed by atoms with Gasteiger partial charge in [-0.1, -0.05) is 0 Å². The summed E-state index contributed by atoms with van der Waals surface area (Å²) in [6.07, 6.45) is -3.95. The molecule has 0 saturated heterocycles. The highest BCUT2D eigenvalue weighted by Crippen LogP contribution is 2.28. The summed E-state index contributed by atoms with van der Waals surface area (Å²) in [6.45, 7) is 1.27. The van der Waals surface area contributed by atoms with Crippen LogP contribution in [0.15, 0.2) is 10.9 Å². The molecule has 0 aliphatic carbocycles. The maximum atomic E-state index is 12.7. The minimum absolute atomic E-state index is 0. The Labute approximate surface area is 117 Å². The lowest BCUT2D eigenvalue weighted by atomic mass is 10.1. The van der Waals surface area contributed by atoms with Crippen LogP contribution in [0.1, 0.15) is 17.0 Å². The highest BCUT2D eigenvalue weighted by Gasteiger charge is 2.34. The van der Waals surface area contributed by atoms with Gasteiger partial charge in [-0.15, -0.1) is 12.4 Å². The summed E-state index contributed by atoms with van der Waals surface area (Å²) in [4.78, 5) is 17.3. The Kier molecular flexibility index (Phi) is 3.55. The number of hydrogen-bond acceptors (Lipinski definition) is 3. The largest absolute Gasteiger partial charge is 0.433 e. The van der Waals surface area contributed by atoms with Crippen molar-refractivity contribution in [1.29, 1.82) is 0 Å². The van der Waals surface area contributed by atoms with Crippen LogP contribution in [0, 0.1) is 0 Å². The van der Waals surface area contributed by atoms with Gasteiger partial charge >= 0.3 is 6.18 Å². The number of fused-ring (bicyclic) bond motifs is 3. The fourth-order valence-electron chi connectivity index (χ4n) is 2.30. The molecule has 0 fully saturated rings. The molecule has 0 saturated carbocycles. The van der Waals surface area contributed by atoms with Crippen molar-refractivity contribution < 1.29 is 13.2 Å². The number of nitrogens with zero attached hydrogens (tertiary/aromatic N) is 3. The normalized spacial score (nSPS) is 16.0. The smallest absolute Gasteiger partial charge is 0.302 e. The van der Waals surface area contributed by atoms with Crippen molar-refractivity contribution in [3.05, 3.63) is 33.4 Å². The van der Waals surface area contributed by atoms with Crippen LogP contribution >= 0.6 is 12.4 Å². The quantitative estimate of drug-likeness (QED) is 0.801. The first-order chi connectivity index (χ1) is 8.86. The van der Waals surface area contributed by atoms with Crippen molar-refractivity contribution in [3.63, 3.8) is 0 Å². The first-order valence-corrected chi connectivity index (χ1v) is 5.75. The van der Waals surface area contributed by atoms with Gasteiger partial charge in [-0.3, -0.25) is 9.89 Å². The molecule has 2 aromatic rings. The van der Waals surface area contributed by atoms with E-state index in [1.807, 2.05) is 11.9 Å². The van der Waals surface area contributed by atoms with E-state index in [1.54, 1.807) is 0 Å². The molecular weight excluding hydrogens is 297 g/mol. The molecular formula is C11H12ClF3N4O. The van der Waals surface area contributed by atoms with Gasteiger partial charge < -0.3 is 4.90 Å². The first-order valence-electron chi connectivity index (χ1n) is 5.75. The summed E-state index contributed by atoms with van der Waals surface area (Å²) >= 11 is 0. The second-order valence-electron chi connectivity index (χ2n) is 4.69. The second-order valence-corrected chi connectivity index (χ2v) is 4.69. The fraction of sp³-hybridized carbons (Fsp3) is 0.455. The summed E-state index contributed by atoms with van der Waals surface area (Å²) in [5.41, 5.74) is -0.373. The first kappa shape index (κ1) is 14.9. The third-order valence-electron chi connectivity index (χ3n) is 3.26. The fourth-order valence-corrected chi connectivity index (χ4v) is 2.30. The number of alkyl halides is 3. The highest BCUT2D eigenvalue weighted by atomic mass is 35.5. The summed E-state index contributed by atoms with van der Waals surface area (Å²) in [5.74, 6) is 0. The Balaban J connectivity index is 0.00000147.